The van der Waals surface area contributed by atoms with Crippen LogP contribution in [0.25, 0.3) is 0 Å². The van der Waals surface area contributed by atoms with E-state index in [0.717, 1.165) is 18.2 Å². The number of nitro benzene ring substituents is 1. The Morgan fingerprint density at radius 3 is 2.50 bits per heavy atom. The van der Waals surface area contributed by atoms with Crippen molar-refractivity contribution in [3.63, 3.8) is 0 Å². The topological polar surface area (TPSA) is 99.9 Å². The van der Waals surface area contributed by atoms with Crippen molar-refractivity contribution < 1.29 is 28.3 Å². The number of hydrogen-bond donors (Lipinski definition) is 1. The molecule has 2 aromatic carbocycles. The summed E-state index contributed by atoms with van der Waals surface area (Å²) in [6.07, 6.45) is 0. The summed E-state index contributed by atoms with van der Waals surface area (Å²) in [6, 6.07) is 5.61. The molecule has 2 aromatic rings. The van der Waals surface area contributed by atoms with Gasteiger partial charge in [-0.25, -0.2) is 4.39 Å². The van der Waals surface area contributed by atoms with E-state index < -0.39 is 28.9 Å². The number of hydrogen-bond acceptors (Lipinski definition) is 6. The Balaban J connectivity index is 2.13. The number of nitrogens with one attached hydrogen (secondary N) is 1. The standard InChI is InChI=1S/C16H14ClFN2O6/c1-24-13-7-11(14(25-2)6-10(13)17)19-16(21)8-26-15-5-9(18)3-4-12(15)20(22)23/h3-7H,8H2,1-2H3,(H,19,21). The van der Waals surface area contributed by atoms with E-state index in [1.54, 1.807) is 0 Å². The number of halogens is 2. The van der Waals surface area contributed by atoms with E-state index in [9.17, 15) is 19.3 Å². The Labute approximate surface area is 152 Å². The molecule has 0 spiro atoms. The summed E-state index contributed by atoms with van der Waals surface area (Å²) in [7, 11) is 2.80. The van der Waals surface area contributed by atoms with Crippen molar-refractivity contribution in [3.8, 4) is 17.2 Å². The van der Waals surface area contributed by atoms with Crippen LogP contribution in [0, 0.1) is 15.9 Å². The molecule has 2 rings (SSSR count). The molecule has 0 atom stereocenters. The van der Waals surface area contributed by atoms with Crippen molar-refractivity contribution in [3.05, 3.63) is 51.3 Å². The first-order valence-electron chi connectivity index (χ1n) is 7.13. The van der Waals surface area contributed by atoms with Crippen LogP contribution in [0.1, 0.15) is 0 Å². The average molecular weight is 385 g/mol. The number of carbonyl (C=O) groups excluding carboxylic acids is 1. The van der Waals surface area contributed by atoms with Gasteiger partial charge in [0, 0.05) is 24.3 Å². The minimum absolute atomic E-state index is 0.260. The summed E-state index contributed by atoms with van der Waals surface area (Å²) >= 11 is 5.98. The van der Waals surface area contributed by atoms with Crippen LogP contribution in [0.5, 0.6) is 17.2 Å². The molecule has 0 unspecified atom stereocenters. The quantitative estimate of drug-likeness (QED) is 0.580. The van der Waals surface area contributed by atoms with Gasteiger partial charge in [-0.2, -0.15) is 0 Å². The molecular formula is C16H14ClFN2O6. The highest BCUT2D eigenvalue weighted by molar-refractivity contribution is 6.32. The lowest BCUT2D eigenvalue weighted by molar-refractivity contribution is -0.385. The second-order valence-electron chi connectivity index (χ2n) is 4.89. The Morgan fingerprint density at radius 2 is 1.88 bits per heavy atom. The van der Waals surface area contributed by atoms with E-state index in [2.05, 4.69) is 5.32 Å². The van der Waals surface area contributed by atoms with Gasteiger partial charge in [-0.3, -0.25) is 14.9 Å². The second kappa shape index (κ2) is 8.34. The highest BCUT2D eigenvalue weighted by Gasteiger charge is 2.18. The van der Waals surface area contributed by atoms with Crippen molar-refractivity contribution in [2.24, 2.45) is 0 Å². The fourth-order valence-electron chi connectivity index (χ4n) is 2.04. The van der Waals surface area contributed by atoms with E-state index in [1.165, 1.54) is 26.4 Å². The van der Waals surface area contributed by atoms with Gasteiger partial charge in [-0.05, 0) is 6.07 Å². The maximum Gasteiger partial charge on any atom is 0.311 e. The Bertz CT molecular complexity index is 846. The van der Waals surface area contributed by atoms with Gasteiger partial charge in [0.25, 0.3) is 5.91 Å². The summed E-state index contributed by atoms with van der Waals surface area (Å²) in [5, 5.41) is 13.7. The highest BCUT2D eigenvalue weighted by Crippen LogP contribution is 2.36. The Hall–Kier alpha value is -3.07. The number of methoxy groups -OCH3 is 2. The summed E-state index contributed by atoms with van der Waals surface area (Å²) in [6.45, 7) is -0.585. The molecule has 0 radical (unpaired) electrons. The number of anilines is 1. The number of ether oxygens (including phenoxy) is 3. The van der Waals surface area contributed by atoms with Gasteiger partial charge in [0.05, 0.1) is 29.9 Å². The third kappa shape index (κ3) is 4.51. The molecule has 0 aliphatic carbocycles. The maximum absolute atomic E-state index is 13.3. The number of amides is 1. The predicted molar refractivity (Wildman–Crippen MR) is 91.7 cm³/mol. The first-order valence-corrected chi connectivity index (χ1v) is 7.51. The van der Waals surface area contributed by atoms with Gasteiger partial charge >= 0.3 is 5.69 Å². The van der Waals surface area contributed by atoms with Crippen molar-refractivity contribution in [1.82, 2.24) is 0 Å². The number of rotatable bonds is 7. The molecule has 0 aliphatic heterocycles. The SMILES string of the molecule is COc1cc(NC(=O)COc2cc(F)ccc2[N+](=O)[O-])c(OC)cc1Cl. The lowest BCUT2D eigenvalue weighted by Gasteiger charge is -2.13. The van der Waals surface area contributed by atoms with Gasteiger partial charge in [0.15, 0.2) is 6.61 Å². The Kier molecular flexibility index (Phi) is 6.18. The largest absolute Gasteiger partial charge is 0.495 e. The monoisotopic (exact) mass is 384 g/mol. The average Bonchev–Trinajstić information content (AvgIpc) is 2.60. The molecule has 1 amide bonds. The van der Waals surface area contributed by atoms with E-state index in [1.807, 2.05) is 0 Å². The molecular weight excluding hydrogens is 371 g/mol. The van der Waals surface area contributed by atoms with Crippen LogP contribution < -0.4 is 19.5 Å². The fraction of sp³-hybridized carbons (Fsp3) is 0.188. The van der Waals surface area contributed by atoms with E-state index in [4.69, 9.17) is 25.8 Å². The van der Waals surface area contributed by atoms with Crippen LogP contribution in [0.15, 0.2) is 30.3 Å². The highest BCUT2D eigenvalue weighted by atomic mass is 35.5. The Morgan fingerprint density at radius 1 is 1.19 bits per heavy atom. The van der Waals surface area contributed by atoms with Gasteiger partial charge in [-0.1, -0.05) is 11.6 Å². The summed E-state index contributed by atoms with van der Waals surface area (Å²) in [5.74, 6) is -1.14. The predicted octanol–water partition coefficient (Wildman–Crippen LogP) is 3.42. The minimum Gasteiger partial charge on any atom is -0.495 e. The second-order valence-corrected chi connectivity index (χ2v) is 5.30. The normalized spacial score (nSPS) is 10.2. The number of nitrogens with zero attached hydrogens (tertiary/aromatic N) is 1. The van der Waals surface area contributed by atoms with Crippen LogP contribution in [0.4, 0.5) is 15.8 Å². The smallest absolute Gasteiger partial charge is 0.311 e. The molecule has 1 N–H and O–H groups in total. The van der Waals surface area contributed by atoms with Crippen molar-refractivity contribution in [1.29, 1.82) is 0 Å². The summed E-state index contributed by atoms with van der Waals surface area (Å²) in [5.41, 5.74) is -0.193. The lowest BCUT2D eigenvalue weighted by atomic mass is 10.2. The van der Waals surface area contributed by atoms with E-state index in [0.29, 0.717) is 5.75 Å². The molecule has 0 aliphatic rings. The van der Waals surface area contributed by atoms with Crippen LogP contribution >= 0.6 is 11.6 Å². The summed E-state index contributed by atoms with van der Waals surface area (Å²) < 4.78 is 28.5. The van der Waals surface area contributed by atoms with Crippen molar-refractivity contribution in [2.75, 3.05) is 26.1 Å². The molecule has 26 heavy (non-hydrogen) atoms. The lowest BCUT2D eigenvalue weighted by Crippen LogP contribution is -2.21. The zero-order valence-electron chi connectivity index (χ0n) is 13.7. The maximum atomic E-state index is 13.3. The van der Waals surface area contributed by atoms with Crippen LogP contribution in [-0.2, 0) is 4.79 Å². The molecule has 10 heteroatoms. The third-order valence-electron chi connectivity index (χ3n) is 3.23. The van der Waals surface area contributed by atoms with Gasteiger partial charge in [0.1, 0.15) is 17.3 Å². The molecule has 0 heterocycles. The molecule has 0 bridgehead atoms. The molecule has 8 nitrogen and oxygen atoms in total. The molecule has 138 valence electrons. The zero-order chi connectivity index (χ0) is 19.3. The molecule has 0 fully saturated rings. The number of nitro groups is 1. The summed E-state index contributed by atoms with van der Waals surface area (Å²) in [4.78, 5) is 22.3. The van der Waals surface area contributed by atoms with E-state index in [-0.39, 0.29) is 22.2 Å². The zero-order valence-corrected chi connectivity index (χ0v) is 14.5. The number of carbonyl (C=O) groups is 1. The first-order chi connectivity index (χ1) is 12.3. The third-order valence-corrected chi connectivity index (χ3v) is 3.52. The molecule has 0 saturated carbocycles. The van der Waals surface area contributed by atoms with Gasteiger partial charge < -0.3 is 19.5 Å². The van der Waals surface area contributed by atoms with Gasteiger partial charge in [0.2, 0.25) is 5.75 Å². The molecule has 0 aromatic heterocycles. The van der Waals surface area contributed by atoms with Crippen molar-refractivity contribution >= 4 is 28.9 Å². The molecule has 0 saturated heterocycles. The first kappa shape index (κ1) is 19.3. The van der Waals surface area contributed by atoms with Crippen LogP contribution in [0.2, 0.25) is 5.02 Å². The van der Waals surface area contributed by atoms with E-state index >= 15 is 0 Å². The van der Waals surface area contributed by atoms with Crippen molar-refractivity contribution in [2.45, 2.75) is 0 Å². The minimum atomic E-state index is -0.736. The van der Waals surface area contributed by atoms with Gasteiger partial charge in [-0.15, -0.1) is 0 Å². The number of benzene rings is 2. The van der Waals surface area contributed by atoms with Crippen LogP contribution in [0.3, 0.4) is 0 Å². The van der Waals surface area contributed by atoms with Crippen LogP contribution in [-0.4, -0.2) is 31.7 Å². The fourth-order valence-corrected chi connectivity index (χ4v) is 2.27.